The zero-order chi connectivity index (χ0) is 14.3. The molecule has 0 aromatic heterocycles. The molecule has 1 aromatic rings. The van der Waals surface area contributed by atoms with E-state index in [4.69, 9.17) is 9.94 Å². The summed E-state index contributed by atoms with van der Waals surface area (Å²) in [7, 11) is 0. The molecule has 0 aliphatic heterocycles. The molecule has 1 rings (SSSR count). The van der Waals surface area contributed by atoms with Crippen LogP contribution in [0.4, 0.5) is 0 Å². The Morgan fingerprint density at radius 1 is 1.26 bits per heavy atom. The summed E-state index contributed by atoms with van der Waals surface area (Å²) in [5.74, 6) is 0. The van der Waals surface area contributed by atoms with E-state index >= 15 is 0 Å². The van der Waals surface area contributed by atoms with E-state index in [0.717, 1.165) is 10.6 Å². The predicted octanol–water partition coefficient (Wildman–Crippen LogP) is -0.321. The number of aliphatic hydroxyl groups is 3. The molecule has 0 heterocycles. The van der Waals surface area contributed by atoms with Crippen LogP contribution in [0.3, 0.4) is 0 Å². The fourth-order valence-corrected chi connectivity index (χ4v) is 1.47. The molecule has 0 fully saturated rings. The lowest BCUT2D eigenvalue weighted by molar-refractivity contribution is -0.192. The van der Waals surface area contributed by atoms with Crippen molar-refractivity contribution in [3.8, 4) is 0 Å². The van der Waals surface area contributed by atoms with Crippen molar-refractivity contribution in [1.82, 2.24) is 5.06 Å². The average Bonchev–Trinajstić information content (AvgIpc) is 2.43. The molecule has 1 amide bonds. The summed E-state index contributed by atoms with van der Waals surface area (Å²) >= 11 is 0. The van der Waals surface area contributed by atoms with E-state index in [0.29, 0.717) is 6.41 Å². The predicted molar refractivity (Wildman–Crippen MR) is 67.7 cm³/mol. The molecule has 3 N–H and O–H groups in total. The maximum Gasteiger partial charge on any atom is 0.233 e. The Labute approximate surface area is 111 Å². The summed E-state index contributed by atoms with van der Waals surface area (Å²) in [5.41, 5.74) is 0.875. The van der Waals surface area contributed by atoms with Crippen molar-refractivity contribution in [2.45, 2.75) is 31.8 Å². The summed E-state index contributed by atoms with van der Waals surface area (Å²) in [6.07, 6.45) is -3.28. The van der Waals surface area contributed by atoms with Crippen LogP contribution in [-0.2, 0) is 16.2 Å². The molecule has 0 bridgehead atoms. The van der Waals surface area contributed by atoms with Crippen molar-refractivity contribution >= 4 is 6.41 Å². The maximum atomic E-state index is 10.8. The van der Waals surface area contributed by atoms with Gasteiger partial charge in [0.1, 0.15) is 18.8 Å². The van der Waals surface area contributed by atoms with Gasteiger partial charge in [-0.1, -0.05) is 30.3 Å². The van der Waals surface area contributed by atoms with Gasteiger partial charge in [0.25, 0.3) is 0 Å². The lowest BCUT2D eigenvalue weighted by atomic mass is 10.1. The van der Waals surface area contributed by atoms with Crippen LogP contribution in [0.2, 0.25) is 0 Å². The average molecular weight is 269 g/mol. The van der Waals surface area contributed by atoms with Gasteiger partial charge in [-0.05, 0) is 12.5 Å². The van der Waals surface area contributed by atoms with E-state index in [-0.39, 0.29) is 13.2 Å². The summed E-state index contributed by atoms with van der Waals surface area (Å²) in [5, 5.41) is 29.0. The number of hydroxylamine groups is 2. The van der Waals surface area contributed by atoms with Gasteiger partial charge in [0.2, 0.25) is 6.41 Å². The molecule has 6 heteroatoms. The zero-order valence-electron chi connectivity index (χ0n) is 10.7. The van der Waals surface area contributed by atoms with E-state index in [1.54, 1.807) is 0 Å². The van der Waals surface area contributed by atoms with Gasteiger partial charge in [0.15, 0.2) is 0 Å². The second kappa shape index (κ2) is 7.85. The fourth-order valence-electron chi connectivity index (χ4n) is 1.47. The van der Waals surface area contributed by atoms with Crippen molar-refractivity contribution in [3.63, 3.8) is 0 Å². The van der Waals surface area contributed by atoms with Crippen LogP contribution in [-0.4, -0.2) is 51.6 Å². The first-order chi connectivity index (χ1) is 9.04. The summed E-state index contributed by atoms with van der Waals surface area (Å²) < 4.78 is 0. The molecule has 0 saturated heterocycles. The van der Waals surface area contributed by atoms with Crippen molar-refractivity contribution < 1.29 is 25.0 Å². The van der Waals surface area contributed by atoms with Crippen molar-refractivity contribution in [1.29, 1.82) is 0 Å². The molecule has 19 heavy (non-hydrogen) atoms. The SMILES string of the molecule is C[C@@H](O)[C@@H](O)[C@@H](O)CN(C=O)OCc1ccccc1. The highest BCUT2D eigenvalue weighted by molar-refractivity contribution is 5.45. The Morgan fingerprint density at radius 3 is 2.42 bits per heavy atom. The van der Waals surface area contributed by atoms with Gasteiger partial charge in [-0.15, -0.1) is 0 Å². The topological polar surface area (TPSA) is 90.2 Å². The minimum Gasteiger partial charge on any atom is -0.391 e. The summed E-state index contributed by atoms with van der Waals surface area (Å²) in [6, 6.07) is 9.23. The standard InChI is InChI=1S/C13H19NO5/c1-10(16)13(18)12(17)7-14(9-15)19-8-11-5-3-2-4-6-11/h2-6,9-10,12-13,16-18H,7-8H2,1H3/t10-,12+,13-/m1/s1. The number of carbonyl (C=O) groups excluding carboxylic acids is 1. The van der Waals surface area contributed by atoms with E-state index in [9.17, 15) is 15.0 Å². The lowest BCUT2D eigenvalue weighted by Gasteiger charge is -2.24. The number of amides is 1. The van der Waals surface area contributed by atoms with Crippen LogP contribution >= 0.6 is 0 Å². The third-order valence-corrected chi connectivity index (χ3v) is 2.61. The number of benzene rings is 1. The Morgan fingerprint density at radius 2 is 1.89 bits per heavy atom. The number of hydrogen-bond donors (Lipinski definition) is 3. The number of carbonyl (C=O) groups is 1. The van der Waals surface area contributed by atoms with Crippen molar-refractivity contribution in [2.75, 3.05) is 6.54 Å². The van der Waals surface area contributed by atoms with Gasteiger partial charge in [-0.3, -0.25) is 9.63 Å². The molecule has 106 valence electrons. The van der Waals surface area contributed by atoms with Crippen molar-refractivity contribution in [3.05, 3.63) is 35.9 Å². The van der Waals surface area contributed by atoms with E-state index < -0.39 is 18.3 Å². The number of rotatable bonds is 8. The maximum absolute atomic E-state index is 10.8. The Bertz CT molecular complexity index is 371. The zero-order valence-corrected chi connectivity index (χ0v) is 10.7. The van der Waals surface area contributed by atoms with Crippen LogP contribution in [0.25, 0.3) is 0 Å². The molecule has 0 aliphatic carbocycles. The lowest BCUT2D eigenvalue weighted by Crippen LogP contribution is -2.43. The number of nitrogens with zero attached hydrogens (tertiary/aromatic N) is 1. The summed E-state index contributed by atoms with van der Waals surface area (Å²) in [4.78, 5) is 16.0. The van der Waals surface area contributed by atoms with Gasteiger partial charge in [0, 0.05) is 0 Å². The molecule has 3 atom stereocenters. The highest BCUT2D eigenvalue weighted by atomic mass is 16.7. The van der Waals surface area contributed by atoms with Gasteiger partial charge >= 0.3 is 0 Å². The summed E-state index contributed by atoms with van der Waals surface area (Å²) in [6.45, 7) is 1.31. The highest BCUT2D eigenvalue weighted by Gasteiger charge is 2.23. The fraction of sp³-hybridized carbons (Fsp3) is 0.462. The monoisotopic (exact) mass is 269 g/mol. The smallest absolute Gasteiger partial charge is 0.233 e. The molecule has 1 aromatic carbocycles. The molecule has 6 nitrogen and oxygen atoms in total. The van der Waals surface area contributed by atoms with E-state index in [1.165, 1.54) is 6.92 Å². The highest BCUT2D eigenvalue weighted by Crippen LogP contribution is 2.05. The first-order valence-corrected chi connectivity index (χ1v) is 5.97. The molecule has 0 radical (unpaired) electrons. The van der Waals surface area contributed by atoms with E-state index in [2.05, 4.69) is 0 Å². The van der Waals surface area contributed by atoms with Crippen molar-refractivity contribution in [2.24, 2.45) is 0 Å². The molecule has 0 saturated carbocycles. The second-order valence-electron chi connectivity index (χ2n) is 4.26. The molecule has 0 spiro atoms. The number of aliphatic hydroxyl groups excluding tert-OH is 3. The van der Waals surface area contributed by atoms with Crippen LogP contribution in [0.1, 0.15) is 12.5 Å². The minimum absolute atomic E-state index is 0.178. The number of hydrogen-bond acceptors (Lipinski definition) is 5. The van der Waals surface area contributed by atoms with Crippen LogP contribution in [0.5, 0.6) is 0 Å². The Kier molecular flexibility index (Phi) is 6.44. The van der Waals surface area contributed by atoms with Gasteiger partial charge in [-0.2, -0.15) is 0 Å². The molecular weight excluding hydrogens is 250 g/mol. The van der Waals surface area contributed by atoms with Gasteiger partial charge in [0.05, 0.1) is 12.6 Å². The second-order valence-corrected chi connectivity index (χ2v) is 4.26. The van der Waals surface area contributed by atoms with Crippen LogP contribution < -0.4 is 0 Å². The largest absolute Gasteiger partial charge is 0.391 e. The van der Waals surface area contributed by atoms with Crippen LogP contribution in [0.15, 0.2) is 30.3 Å². The first-order valence-electron chi connectivity index (χ1n) is 5.97. The van der Waals surface area contributed by atoms with Crippen LogP contribution in [0, 0.1) is 0 Å². The molecule has 0 unspecified atom stereocenters. The first kappa shape index (κ1) is 15.6. The Hall–Kier alpha value is -1.47. The normalized spacial score (nSPS) is 15.6. The Balaban J connectivity index is 2.44. The van der Waals surface area contributed by atoms with Gasteiger partial charge < -0.3 is 15.3 Å². The third-order valence-electron chi connectivity index (χ3n) is 2.61. The molecule has 0 aliphatic rings. The van der Waals surface area contributed by atoms with Gasteiger partial charge in [-0.25, -0.2) is 5.06 Å². The van der Waals surface area contributed by atoms with E-state index in [1.807, 2.05) is 30.3 Å². The third kappa shape index (κ3) is 5.35. The minimum atomic E-state index is -1.33. The quantitative estimate of drug-likeness (QED) is 0.444. The molecular formula is C13H19NO5.